The van der Waals surface area contributed by atoms with Gasteiger partial charge in [0.25, 0.3) is 0 Å². The lowest BCUT2D eigenvalue weighted by Gasteiger charge is -2.26. The summed E-state index contributed by atoms with van der Waals surface area (Å²) in [6.07, 6.45) is 1.90. The lowest BCUT2D eigenvalue weighted by Crippen LogP contribution is -2.35. The number of thiophene rings is 1. The first-order valence-corrected chi connectivity index (χ1v) is 13.1. The van der Waals surface area contributed by atoms with Crippen molar-refractivity contribution in [3.05, 3.63) is 83.6 Å². The SMILES string of the molecule is Cc1cnc(Nc2ccc(CN3CCOCC3)cc2)nc1-c1ccc(-c2cccc(C(C)C)c2)s1. The van der Waals surface area contributed by atoms with Crippen molar-refractivity contribution < 1.29 is 4.74 Å². The van der Waals surface area contributed by atoms with Crippen LogP contribution in [0.1, 0.15) is 36.5 Å². The lowest BCUT2D eigenvalue weighted by molar-refractivity contribution is 0.0342. The standard InChI is InChI=1S/C29H32N4OS/c1-20(2)23-5-4-6-24(17-23)26-11-12-27(35-26)28-21(3)18-30-29(32-28)31-25-9-7-22(8-10-25)19-33-13-15-34-16-14-33/h4-12,17-18,20H,13-16,19H2,1-3H3,(H,30,31,32). The van der Waals surface area contributed by atoms with E-state index in [1.54, 1.807) is 11.3 Å². The second-order valence-electron chi connectivity index (χ2n) is 9.38. The van der Waals surface area contributed by atoms with Crippen LogP contribution in [0.5, 0.6) is 0 Å². The van der Waals surface area contributed by atoms with Crippen LogP contribution >= 0.6 is 11.3 Å². The molecule has 3 heterocycles. The fourth-order valence-corrected chi connectivity index (χ4v) is 5.32. The molecule has 4 aromatic rings. The quantitative estimate of drug-likeness (QED) is 0.310. The van der Waals surface area contributed by atoms with Crippen LogP contribution in [-0.4, -0.2) is 41.2 Å². The minimum Gasteiger partial charge on any atom is -0.379 e. The maximum atomic E-state index is 5.44. The predicted molar refractivity (Wildman–Crippen MR) is 145 cm³/mol. The molecule has 0 unspecified atom stereocenters. The van der Waals surface area contributed by atoms with E-state index in [1.165, 1.54) is 21.6 Å². The number of rotatable bonds is 7. The van der Waals surface area contributed by atoms with Gasteiger partial charge in [-0.25, -0.2) is 9.97 Å². The molecule has 0 amide bonds. The highest BCUT2D eigenvalue weighted by Crippen LogP contribution is 2.36. The topological polar surface area (TPSA) is 50.3 Å². The summed E-state index contributed by atoms with van der Waals surface area (Å²) in [5.41, 5.74) is 6.95. The molecular formula is C29H32N4OS. The molecular weight excluding hydrogens is 452 g/mol. The fraction of sp³-hybridized carbons (Fsp3) is 0.310. The third-order valence-corrected chi connectivity index (χ3v) is 7.51. The third-order valence-electron chi connectivity index (χ3n) is 6.37. The lowest BCUT2D eigenvalue weighted by atomic mass is 10.0. The number of aryl methyl sites for hydroxylation is 1. The van der Waals surface area contributed by atoms with Crippen molar-refractivity contribution in [3.63, 3.8) is 0 Å². The van der Waals surface area contributed by atoms with Crippen molar-refractivity contribution in [2.75, 3.05) is 31.6 Å². The van der Waals surface area contributed by atoms with Crippen molar-refractivity contribution in [3.8, 4) is 21.0 Å². The maximum absolute atomic E-state index is 5.44. The Morgan fingerprint density at radius 3 is 2.54 bits per heavy atom. The van der Waals surface area contributed by atoms with Crippen molar-refractivity contribution in [2.45, 2.75) is 33.2 Å². The predicted octanol–water partition coefficient (Wildman–Crippen LogP) is 6.88. The summed E-state index contributed by atoms with van der Waals surface area (Å²) in [4.78, 5) is 14.2. The first-order valence-electron chi connectivity index (χ1n) is 12.3. The van der Waals surface area contributed by atoms with Gasteiger partial charge < -0.3 is 10.1 Å². The van der Waals surface area contributed by atoms with Gasteiger partial charge in [0.2, 0.25) is 5.95 Å². The number of morpholine rings is 1. The van der Waals surface area contributed by atoms with Gasteiger partial charge in [0.05, 0.1) is 23.8 Å². The second-order valence-corrected chi connectivity index (χ2v) is 10.5. The van der Waals surface area contributed by atoms with Crippen LogP contribution in [-0.2, 0) is 11.3 Å². The molecule has 0 spiro atoms. The highest BCUT2D eigenvalue weighted by atomic mass is 32.1. The summed E-state index contributed by atoms with van der Waals surface area (Å²) in [6, 6.07) is 21.7. The van der Waals surface area contributed by atoms with Gasteiger partial charge in [-0.05, 0) is 59.4 Å². The average molecular weight is 485 g/mol. The molecule has 6 heteroatoms. The van der Waals surface area contributed by atoms with E-state index in [-0.39, 0.29) is 0 Å². The summed E-state index contributed by atoms with van der Waals surface area (Å²) >= 11 is 1.78. The number of nitrogens with one attached hydrogen (secondary N) is 1. The number of benzene rings is 2. The largest absolute Gasteiger partial charge is 0.379 e. The Bertz CT molecular complexity index is 1280. The molecule has 5 nitrogen and oxygen atoms in total. The Morgan fingerprint density at radius 2 is 1.77 bits per heavy atom. The van der Waals surface area contributed by atoms with Crippen LogP contribution in [0, 0.1) is 6.92 Å². The Labute approximate surface area is 211 Å². The van der Waals surface area contributed by atoms with Gasteiger partial charge in [0, 0.05) is 36.4 Å². The van der Waals surface area contributed by atoms with Gasteiger partial charge >= 0.3 is 0 Å². The van der Waals surface area contributed by atoms with E-state index in [1.807, 2.05) is 6.20 Å². The summed E-state index contributed by atoms with van der Waals surface area (Å²) in [5.74, 6) is 1.13. The van der Waals surface area contributed by atoms with Gasteiger partial charge in [-0.3, -0.25) is 4.90 Å². The van der Waals surface area contributed by atoms with Gasteiger partial charge in [-0.1, -0.05) is 50.2 Å². The Hall–Kier alpha value is -3.06. The molecule has 0 aliphatic carbocycles. The van der Waals surface area contributed by atoms with Crippen molar-refractivity contribution in [2.24, 2.45) is 0 Å². The molecule has 0 saturated carbocycles. The molecule has 0 radical (unpaired) electrons. The highest BCUT2D eigenvalue weighted by molar-refractivity contribution is 7.18. The molecule has 35 heavy (non-hydrogen) atoms. The van der Waals surface area contributed by atoms with Crippen LogP contribution < -0.4 is 5.32 Å². The number of aromatic nitrogens is 2. The average Bonchev–Trinajstić information content (AvgIpc) is 3.37. The van der Waals surface area contributed by atoms with Crippen LogP contribution in [0.15, 0.2) is 66.9 Å². The first kappa shape index (κ1) is 23.7. The van der Waals surface area contributed by atoms with E-state index in [9.17, 15) is 0 Å². The summed E-state index contributed by atoms with van der Waals surface area (Å²) in [7, 11) is 0. The number of hydrogen-bond donors (Lipinski definition) is 1. The van der Waals surface area contributed by atoms with E-state index < -0.39 is 0 Å². The molecule has 0 bridgehead atoms. The molecule has 2 aromatic carbocycles. The number of ether oxygens (including phenoxy) is 1. The number of anilines is 2. The van der Waals surface area contributed by atoms with Gasteiger partial charge in [-0.15, -0.1) is 11.3 Å². The molecule has 1 aliphatic heterocycles. The maximum Gasteiger partial charge on any atom is 0.227 e. The molecule has 0 atom stereocenters. The number of nitrogens with zero attached hydrogens (tertiary/aromatic N) is 3. The summed E-state index contributed by atoms with van der Waals surface area (Å²) in [5, 5.41) is 3.38. The van der Waals surface area contributed by atoms with Crippen LogP contribution in [0.2, 0.25) is 0 Å². The zero-order chi connectivity index (χ0) is 24.2. The van der Waals surface area contributed by atoms with Crippen molar-refractivity contribution in [1.29, 1.82) is 0 Å². The minimum atomic E-state index is 0.514. The van der Waals surface area contributed by atoms with Crippen molar-refractivity contribution in [1.82, 2.24) is 14.9 Å². The molecule has 1 N–H and O–H groups in total. The van der Waals surface area contributed by atoms with Crippen LogP contribution in [0.25, 0.3) is 21.0 Å². The monoisotopic (exact) mass is 484 g/mol. The summed E-state index contributed by atoms with van der Waals surface area (Å²) in [6.45, 7) is 11.1. The Kier molecular flexibility index (Phi) is 7.23. The minimum absolute atomic E-state index is 0.514. The molecule has 2 aromatic heterocycles. The molecule has 1 aliphatic rings. The van der Waals surface area contributed by atoms with Gasteiger partial charge in [-0.2, -0.15) is 0 Å². The van der Waals surface area contributed by atoms with Crippen molar-refractivity contribution >= 4 is 23.0 Å². The Morgan fingerprint density at radius 1 is 1.00 bits per heavy atom. The highest BCUT2D eigenvalue weighted by Gasteiger charge is 2.13. The Balaban J connectivity index is 1.31. The first-order chi connectivity index (χ1) is 17.0. The second kappa shape index (κ2) is 10.7. The van der Waals surface area contributed by atoms with Gasteiger partial charge in [0.1, 0.15) is 0 Å². The normalized spacial score (nSPS) is 14.4. The molecule has 1 saturated heterocycles. The number of hydrogen-bond acceptors (Lipinski definition) is 6. The molecule has 180 valence electrons. The molecule has 1 fully saturated rings. The van der Waals surface area contributed by atoms with Crippen LogP contribution in [0.4, 0.5) is 11.6 Å². The smallest absolute Gasteiger partial charge is 0.227 e. The van der Waals surface area contributed by atoms with E-state index in [2.05, 4.69) is 96.6 Å². The fourth-order valence-electron chi connectivity index (χ4n) is 4.26. The summed E-state index contributed by atoms with van der Waals surface area (Å²) < 4.78 is 5.44. The third kappa shape index (κ3) is 5.78. The zero-order valence-electron chi connectivity index (χ0n) is 20.6. The van der Waals surface area contributed by atoms with E-state index in [0.29, 0.717) is 11.9 Å². The van der Waals surface area contributed by atoms with E-state index in [0.717, 1.165) is 54.7 Å². The van der Waals surface area contributed by atoms with E-state index >= 15 is 0 Å². The van der Waals surface area contributed by atoms with Crippen LogP contribution in [0.3, 0.4) is 0 Å². The van der Waals surface area contributed by atoms with Gasteiger partial charge in [0.15, 0.2) is 0 Å². The van der Waals surface area contributed by atoms with E-state index in [4.69, 9.17) is 9.72 Å². The zero-order valence-corrected chi connectivity index (χ0v) is 21.4. The molecule has 5 rings (SSSR count).